The van der Waals surface area contributed by atoms with E-state index in [0.29, 0.717) is 34.1 Å². The summed E-state index contributed by atoms with van der Waals surface area (Å²) < 4.78 is 12.3. The number of hydrogen-bond acceptors (Lipinski definition) is 7. The maximum absolute atomic E-state index is 13.1. The predicted molar refractivity (Wildman–Crippen MR) is 123 cm³/mol. The van der Waals surface area contributed by atoms with Crippen LogP contribution in [0.3, 0.4) is 0 Å². The van der Waals surface area contributed by atoms with Crippen LogP contribution in [0.25, 0.3) is 11.3 Å². The number of nitrogens with one attached hydrogen (secondary N) is 1. The normalized spacial score (nSPS) is 15.0. The van der Waals surface area contributed by atoms with Crippen LogP contribution in [0.4, 0.5) is 11.5 Å². The number of allylic oxidation sites excluding steroid dienone is 1. The third-order valence-electron chi connectivity index (χ3n) is 5.64. The van der Waals surface area contributed by atoms with E-state index in [0.717, 1.165) is 11.1 Å². The van der Waals surface area contributed by atoms with Gasteiger partial charge in [-0.1, -0.05) is 12.1 Å². The van der Waals surface area contributed by atoms with Crippen molar-refractivity contribution < 1.29 is 19.2 Å². The summed E-state index contributed by atoms with van der Waals surface area (Å²) in [6.07, 6.45) is 0. The molecule has 0 aliphatic carbocycles. The predicted octanol–water partition coefficient (Wildman–Crippen LogP) is 4.40. The zero-order chi connectivity index (χ0) is 23.7. The van der Waals surface area contributed by atoms with Gasteiger partial charge >= 0.3 is 5.97 Å². The van der Waals surface area contributed by atoms with Crippen LogP contribution in [0.15, 0.2) is 59.8 Å². The molecule has 2 heterocycles. The molecular weight excluding hydrogens is 424 g/mol. The topological polar surface area (TPSA) is 109 Å². The molecule has 0 saturated carbocycles. The Labute approximate surface area is 190 Å². The van der Waals surface area contributed by atoms with E-state index in [1.807, 2.05) is 31.3 Å². The van der Waals surface area contributed by atoms with Gasteiger partial charge < -0.3 is 14.8 Å². The lowest BCUT2D eigenvalue weighted by molar-refractivity contribution is -0.384. The number of nitro benzene ring substituents is 1. The highest BCUT2D eigenvalue weighted by Gasteiger charge is 2.38. The smallest absolute Gasteiger partial charge is 0.336 e. The largest absolute Gasteiger partial charge is 0.497 e. The summed E-state index contributed by atoms with van der Waals surface area (Å²) >= 11 is 0. The summed E-state index contributed by atoms with van der Waals surface area (Å²) in [7, 11) is 3.41. The van der Waals surface area contributed by atoms with Crippen LogP contribution >= 0.6 is 0 Å². The summed E-state index contributed by atoms with van der Waals surface area (Å²) in [5.74, 6) is 0.336. The van der Waals surface area contributed by atoms with E-state index in [1.165, 1.54) is 12.1 Å². The number of benzene rings is 2. The van der Waals surface area contributed by atoms with Crippen LogP contribution in [0, 0.1) is 10.1 Å². The second kappa shape index (κ2) is 8.78. The van der Waals surface area contributed by atoms with Gasteiger partial charge in [-0.3, -0.25) is 14.8 Å². The molecule has 1 atom stereocenters. The van der Waals surface area contributed by atoms with Crippen molar-refractivity contribution in [2.24, 2.45) is 7.05 Å². The number of hydrogen-bond donors (Lipinski definition) is 1. The van der Waals surface area contributed by atoms with Crippen molar-refractivity contribution in [3.63, 3.8) is 0 Å². The Balaban J connectivity index is 1.97. The summed E-state index contributed by atoms with van der Waals surface area (Å²) in [5.41, 5.74) is 3.80. The molecule has 3 aromatic rings. The number of esters is 1. The average molecular weight is 448 g/mol. The standard InChI is InChI=1S/C24H24N4O5/c1-5-33-24(29)19-14(2)25-23-21(20(19)16-7-6-8-17(13-16)28(30)31)22(26-27(23)3)15-9-11-18(32-4)12-10-15/h6-13,20,25H,5H2,1-4H3. The third kappa shape index (κ3) is 3.93. The van der Waals surface area contributed by atoms with E-state index < -0.39 is 16.8 Å². The highest BCUT2D eigenvalue weighted by atomic mass is 16.6. The van der Waals surface area contributed by atoms with Gasteiger partial charge in [0, 0.05) is 41.9 Å². The average Bonchev–Trinajstić information content (AvgIpc) is 3.14. The fourth-order valence-electron chi connectivity index (χ4n) is 4.16. The molecule has 1 N–H and O–H groups in total. The molecule has 170 valence electrons. The van der Waals surface area contributed by atoms with Crippen molar-refractivity contribution in [2.75, 3.05) is 19.0 Å². The molecular formula is C24H24N4O5. The van der Waals surface area contributed by atoms with Gasteiger partial charge in [0.25, 0.3) is 5.69 Å². The van der Waals surface area contributed by atoms with Crippen LogP contribution in [0.5, 0.6) is 5.75 Å². The number of nitrogens with zero attached hydrogens (tertiary/aromatic N) is 3. The minimum atomic E-state index is -0.606. The number of aryl methyl sites for hydroxylation is 1. The molecule has 2 aromatic carbocycles. The molecule has 33 heavy (non-hydrogen) atoms. The number of ether oxygens (including phenoxy) is 2. The minimum Gasteiger partial charge on any atom is -0.497 e. The second-order valence-electron chi connectivity index (χ2n) is 7.63. The van der Waals surface area contributed by atoms with Crippen LogP contribution in [-0.4, -0.2) is 34.4 Å². The van der Waals surface area contributed by atoms with Gasteiger partial charge in [0.2, 0.25) is 0 Å². The molecule has 9 nitrogen and oxygen atoms in total. The van der Waals surface area contributed by atoms with Crippen molar-refractivity contribution in [3.8, 4) is 17.0 Å². The van der Waals surface area contributed by atoms with E-state index in [4.69, 9.17) is 14.6 Å². The third-order valence-corrected chi connectivity index (χ3v) is 5.64. The summed E-state index contributed by atoms with van der Waals surface area (Å²) in [6, 6.07) is 13.8. The second-order valence-corrected chi connectivity index (χ2v) is 7.63. The first kappa shape index (κ1) is 22.1. The Kier molecular flexibility index (Phi) is 5.87. The number of carbonyl (C=O) groups excluding carboxylic acids is 1. The van der Waals surface area contributed by atoms with Gasteiger partial charge in [0.15, 0.2) is 0 Å². The molecule has 1 aliphatic heterocycles. The van der Waals surface area contributed by atoms with Crippen molar-refractivity contribution in [1.29, 1.82) is 0 Å². The number of non-ortho nitro benzene ring substituents is 1. The van der Waals surface area contributed by atoms with E-state index in [-0.39, 0.29) is 12.3 Å². The van der Waals surface area contributed by atoms with Crippen molar-refractivity contribution in [2.45, 2.75) is 19.8 Å². The van der Waals surface area contributed by atoms with Gasteiger partial charge in [-0.05, 0) is 43.7 Å². The SMILES string of the molecule is CCOC(=O)C1=C(C)Nc2c(c(-c3ccc(OC)cc3)nn2C)C1c1cccc([N+](=O)[O-])c1. The van der Waals surface area contributed by atoms with Gasteiger partial charge in [-0.25, -0.2) is 4.79 Å². The number of aromatic nitrogens is 2. The fourth-order valence-corrected chi connectivity index (χ4v) is 4.16. The maximum atomic E-state index is 13.1. The number of fused-ring (bicyclic) bond motifs is 1. The molecule has 4 rings (SSSR count). The van der Waals surface area contributed by atoms with E-state index in [9.17, 15) is 14.9 Å². The number of anilines is 1. The summed E-state index contributed by atoms with van der Waals surface area (Å²) in [6.45, 7) is 3.74. The molecule has 0 saturated heterocycles. The van der Waals surface area contributed by atoms with Gasteiger partial charge in [-0.15, -0.1) is 0 Å². The highest BCUT2D eigenvalue weighted by molar-refractivity contribution is 5.95. The lowest BCUT2D eigenvalue weighted by Crippen LogP contribution is -2.25. The first-order chi connectivity index (χ1) is 15.8. The van der Waals surface area contributed by atoms with Crippen molar-refractivity contribution in [1.82, 2.24) is 9.78 Å². The van der Waals surface area contributed by atoms with Crippen molar-refractivity contribution in [3.05, 3.63) is 81.0 Å². The zero-order valence-electron chi connectivity index (χ0n) is 18.8. The summed E-state index contributed by atoms with van der Waals surface area (Å²) in [4.78, 5) is 24.1. The van der Waals surface area contributed by atoms with E-state index >= 15 is 0 Å². The van der Waals surface area contributed by atoms with Crippen LogP contribution < -0.4 is 10.1 Å². The quantitative estimate of drug-likeness (QED) is 0.338. The first-order valence-corrected chi connectivity index (χ1v) is 10.5. The van der Waals surface area contributed by atoms with Crippen molar-refractivity contribution >= 4 is 17.5 Å². The minimum absolute atomic E-state index is 0.0525. The molecule has 0 bridgehead atoms. The van der Waals surface area contributed by atoms with Crippen LogP contribution in [0.1, 0.15) is 30.9 Å². The Bertz CT molecular complexity index is 1260. The van der Waals surface area contributed by atoms with Crippen LogP contribution in [0.2, 0.25) is 0 Å². The highest BCUT2D eigenvalue weighted by Crippen LogP contribution is 2.47. The van der Waals surface area contributed by atoms with E-state index in [1.54, 1.807) is 37.8 Å². The molecule has 1 unspecified atom stereocenters. The van der Waals surface area contributed by atoms with E-state index in [2.05, 4.69) is 5.32 Å². The zero-order valence-corrected chi connectivity index (χ0v) is 18.8. The molecule has 0 fully saturated rings. The number of methoxy groups -OCH3 is 1. The monoisotopic (exact) mass is 448 g/mol. The number of carbonyl (C=O) groups is 1. The Morgan fingerprint density at radius 1 is 1.24 bits per heavy atom. The Hall–Kier alpha value is -4.14. The first-order valence-electron chi connectivity index (χ1n) is 10.5. The molecule has 0 spiro atoms. The Morgan fingerprint density at radius 2 is 1.97 bits per heavy atom. The molecule has 0 amide bonds. The van der Waals surface area contributed by atoms with Gasteiger partial charge in [0.1, 0.15) is 11.6 Å². The lowest BCUT2D eigenvalue weighted by atomic mass is 9.80. The van der Waals surface area contributed by atoms with Crippen LogP contribution in [-0.2, 0) is 16.6 Å². The van der Waals surface area contributed by atoms with Gasteiger partial charge in [-0.2, -0.15) is 5.10 Å². The number of nitro groups is 1. The molecule has 9 heteroatoms. The number of rotatable bonds is 6. The maximum Gasteiger partial charge on any atom is 0.336 e. The molecule has 1 aromatic heterocycles. The fraction of sp³-hybridized carbons (Fsp3) is 0.250. The lowest BCUT2D eigenvalue weighted by Gasteiger charge is -2.28. The molecule has 0 radical (unpaired) electrons. The Morgan fingerprint density at radius 3 is 2.61 bits per heavy atom. The molecule has 1 aliphatic rings. The van der Waals surface area contributed by atoms with Gasteiger partial charge in [0.05, 0.1) is 29.9 Å². The summed E-state index contributed by atoms with van der Waals surface area (Å²) in [5, 5.41) is 19.5.